The Bertz CT molecular complexity index is 595. The molecular formula is C15H15NO4. The van der Waals surface area contributed by atoms with Gasteiger partial charge in [-0.15, -0.1) is 0 Å². The second-order valence-corrected chi connectivity index (χ2v) is 4.31. The summed E-state index contributed by atoms with van der Waals surface area (Å²) in [5.74, 6) is 1.04. The number of nitro groups is 1. The minimum Gasteiger partial charge on any atom is -0.457 e. The molecule has 0 amide bonds. The van der Waals surface area contributed by atoms with Crippen molar-refractivity contribution in [1.82, 2.24) is 0 Å². The van der Waals surface area contributed by atoms with Crippen molar-refractivity contribution < 1.29 is 14.8 Å². The highest BCUT2D eigenvalue weighted by Crippen LogP contribution is 2.31. The summed E-state index contributed by atoms with van der Waals surface area (Å²) in [6.07, 6.45) is -0.00933. The van der Waals surface area contributed by atoms with Gasteiger partial charge in [0.05, 0.1) is 11.0 Å². The maximum Gasteiger partial charge on any atom is 0.269 e. The Balaban J connectivity index is 2.23. The molecule has 2 aromatic carbocycles. The molecule has 5 nitrogen and oxygen atoms in total. The molecule has 0 aliphatic heterocycles. The third kappa shape index (κ3) is 3.13. The van der Waals surface area contributed by atoms with Gasteiger partial charge in [0.1, 0.15) is 11.5 Å². The fourth-order valence-corrected chi connectivity index (χ4v) is 1.83. The van der Waals surface area contributed by atoms with Crippen LogP contribution in [0.15, 0.2) is 48.5 Å². The van der Waals surface area contributed by atoms with Crippen molar-refractivity contribution >= 4 is 5.69 Å². The zero-order chi connectivity index (χ0) is 14.5. The van der Waals surface area contributed by atoms with Crippen molar-refractivity contribution in [2.45, 2.75) is 19.4 Å². The standard InChI is InChI=1S/C15H15NO4/c1-2-14(17)13-5-3-4-6-15(13)20-12-9-7-11(8-10-12)16(18)19/h3-10,14,17H,2H2,1H3/t14-/m0/s1. The summed E-state index contributed by atoms with van der Waals surface area (Å²) in [7, 11) is 0. The monoisotopic (exact) mass is 273 g/mol. The quantitative estimate of drug-likeness (QED) is 0.663. The first-order valence-electron chi connectivity index (χ1n) is 6.31. The lowest BCUT2D eigenvalue weighted by atomic mass is 10.1. The van der Waals surface area contributed by atoms with Crippen LogP contribution < -0.4 is 4.74 Å². The number of aliphatic hydroxyl groups excluding tert-OH is 1. The molecule has 1 atom stereocenters. The van der Waals surface area contributed by atoms with Crippen LogP contribution in [0.3, 0.4) is 0 Å². The molecule has 2 rings (SSSR count). The van der Waals surface area contributed by atoms with E-state index in [1.165, 1.54) is 24.3 Å². The molecular weight excluding hydrogens is 258 g/mol. The second kappa shape index (κ2) is 6.16. The van der Waals surface area contributed by atoms with Crippen molar-refractivity contribution in [1.29, 1.82) is 0 Å². The van der Waals surface area contributed by atoms with Gasteiger partial charge in [0.15, 0.2) is 0 Å². The van der Waals surface area contributed by atoms with Crippen LogP contribution in [0.4, 0.5) is 5.69 Å². The number of benzene rings is 2. The van der Waals surface area contributed by atoms with Crippen molar-refractivity contribution in [2.24, 2.45) is 0 Å². The number of ether oxygens (including phenoxy) is 1. The van der Waals surface area contributed by atoms with Crippen LogP contribution in [0.25, 0.3) is 0 Å². The molecule has 0 saturated carbocycles. The molecule has 0 heterocycles. The van der Waals surface area contributed by atoms with E-state index in [-0.39, 0.29) is 5.69 Å². The molecule has 20 heavy (non-hydrogen) atoms. The highest BCUT2D eigenvalue weighted by Gasteiger charge is 2.12. The van der Waals surface area contributed by atoms with Crippen LogP contribution in [0.1, 0.15) is 25.0 Å². The number of nitrogens with zero attached hydrogens (tertiary/aromatic N) is 1. The van der Waals surface area contributed by atoms with Crippen LogP contribution in [0.5, 0.6) is 11.5 Å². The normalized spacial score (nSPS) is 11.9. The van der Waals surface area contributed by atoms with E-state index < -0.39 is 11.0 Å². The van der Waals surface area contributed by atoms with Gasteiger partial charge in [0.2, 0.25) is 0 Å². The lowest BCUT2D eigenvalue weighted by molar-refractivity contribution is -0.384. The number of rotatable bonds is 5. The van der Waals surface area contributed by atoms with Crippen LogP contribution in [-0.2, 0) is 0 Å². The van der Waals surface area contributed by atoms with Crippen LogP contribution in [-0.4, -0.2) is 10.0 Å². The molecule has 2 aromatic rings. The predicted molar refractivity (Wildman–Crippen MR) is 74.9 cm³/mol. The van der Waals surface area contributed by atoms with Crippen LogP contribution >= 0.6 is 0 Å². The van der Waals surface area contributed by atoms with E-state index in [9.17, 15) is 15.2 Å². The molecule has 0 spiro atoms. The van der Waals surface area contributed by atoms with E-state index in [0.717, 1.165) is 0 Å². The zero-order valence-corrected chi connectivity index (χ0v) is 11.0. The van der Waals surface area contributed by atoms with Gasteiger partial charge >= 0.3 is 0 Å². The van der Waals surface area contributed by atoms with Gasteiger partial charge < -0.3 is 9.84 Å². The number of hydrogen-bond acceptors (Lipinski definition) is 4. The van der Waals surface area contributed by atoms with Crippen molar-refractivity contribution in [3.05, 3.63) is 64.2 Å². The smallest absolute Gasteiger partial charge is 0.269 e. The average molecular weight is 273 g/mol. The molecule has 1 N–H and O–H groups in total. The van der Waals surface area contributed by atoms with Gasteiger partial charge in [0.25, 0.3) is 5.69 Å². The molecule has 0 bridgehead atoms. The Morgan fingerprint density at radius 3 is 2.45 bits per heavy atom. The van der Waals surface area contributed by atoms with Crippen LogP contribution in [0, 0.1) is 10.1 Å². The largest absolute Gasteiger partial charge is 0.457 e. The lowest BCUT2D eigenvalue weighted by Crippen LogP contribution is -1.98. The average Bonchev–Trinajstić information content (AvgIpc) is 2.47. The number of hydrogen-bond donors (Lipinski definition) is 1. The Labute approximate surface area is 116 Å². The maximum absolute atomic E-state index is 10.6. The van der Waals surface area contributed by atoms with Gasteiger partial charge in [-0.25, -0.2) is 0 Å². The summed E-state index contributed by atoms with van der Waals surface area (Å²) in [5.41, 5.74) is 0.715. The van der Waals surface area contributed by atoms with E-state index in [2.05, 4.69) is 0 Å². The van der Waals surface area contributed by atoms with Gasteiger partial charge in [-0.05, 0) is 24.6 Å². The zero-order valence-electron chi connectivity index (χ0n) is 11.0. The first-order chi connectivity index (χ1) is 9.61. The third-order valence-electron chi connectivity index (χ3n) is 2.94. The maximum atomic E-state index is 10.6. The highest BCUT2D eigenvalue weighted by molar-refractivity contribution is 5.42. The van der Waals surface area contributed by atoms with Gasteiger partial charge in [-0.1, -0.05) is 25.1 Å². The first kappa shape index (κ1) is 14.0. The first-order valence-corrected chi connectivity index (χ1v) is 6.31. The number of non-ortho nitro benzene ring substituents is 1. The Hall–Kier alpha value is -2.40. The summed E-state index contributed by atoms with van der Waals surface area (Å²) in [4.78, 5) is 10.1. The fraction of sp³-hybridized carbons (Fsp3) is 0.200. The van der Waals surface area contributed by atoms with E-state index >= 15 is 0 Å². The van der Waals surface area contributed by atoms with Gasteiger partial charge in [-0.2, -0.15) is 0 Å². The van der Waals surface area contributed by atoms with Crippen LogP contribution in [0.2, 0.25) is 0 Å². The Morgan fingerprint density at radius 2 is 1.85 bits per heavy atom. The summed E-state index contributed by atoms with van der Waals surface area (Å²) < 4.78 is 5.68. The molecule has 0 aromatic heterocycles. The third-order valence-corrected chi connectivity index (χ3v) is 2.94. The van der Waals surface area contributed by atoms with E-state index in [4.69, 9.17) is 4.74 Å². The summed E-state index contributed by atoms with van der Waals surface area (Å²) >= 11 is 0. The molecule has 0 radical (unpaired) electrons. The summed E-state index contributed by atoms with van der Waals surface area (Å²) in [6.45, 7) is 1.88. The predicted octanol–water partition coefficient (Wildman–Crippen LogP) is 3.83. The number of aliphatic hydroxyl groups is 1. The van der Waals surface area contributed by atoms with Crippen molar-refractivity contribution in [2.75, 3.05) is 0 Å². The Morgan fingerprint density at radius 1 is 1.20 bits per heavy atom. The minimum atomic E-state index is -0.593. The molecule has 0 fully saturated rings. The summed E-state index contributed by atoms with van der Waals surface area (Å²) in [5, 5.41) is 20.5. The molecule has 0 aliphatic rings. The lowest BCUT2D eigenvalue weighted by Gasteiger charge is -2.14. The van der Waals surface area contributed by atoms with E-state index in [1.807, 2.05) is 19.1 Å². The SMILES string of the molecule is CC[C@H](O)c1ccccc1Oc1ccc([N+](=O)[O-])cc1. The second-order valence-electron chi connectivity index (χ2n) is 4.31. The minimum absolute atomic E-state index is 0.0132. The van der Waals surface area contributed by atoms with Crippen molar-refractivity contribution in [3.8, 4) is 11.5 Å². The Kier molecular flexibility index (Phi) is 4.32. The molecule has 5 heteroatoms. The number of para-hydroxylation sites is 1. The molecule has 104 valence electrons. The van der Waals surface area contributed by atoms with Gasteiger partial charge in [0, 0.05) is 17.7 Å². The fourth-order valence-electron chi connectivity index (χ4n) is 1.83. The van der Waals surface area contributed by atoms with Crippen molar-refractivity contribution in [3.63, 3.8) is 0 Å². The number of nitro benzene ring substituents is 1. The van der Waals surface area contributed by atoms with E-state index in [0.29, 0.717) is 23.5 Å². The molecule has 0 unspecified atom stereocenters. The topological polar surface area (TPSA) is 72.6 Å². The van der Waals surface area contributed by atoms with Gasteiger partial charge in [-0.3, -0.25) is 10.1 Å². The molecule has 0 aliphatic carbocycles. The van der Waals surface area contributed by atoms with E-state index in [1.54, 1.807) is 12.1 Å². The highest BCUT2D eigenvalue weighted by atomic mass is 16.6. The molecule has 0 saturated heterocycles. The summed E-state index contributed by atoms with van der Waals surface area (Å²) in [6, 6.07) is 13.0.